The third-order valence-electron chi connectivity index (χ3n) is 2.90. The summed E-state index contributed by atoms with van der Waals surface area (Å²) in [7, 11) is 0. The molecule has 0 spiro atoms. The number of unbranched alkanes of at least 4 members (excludes halogenated alkanes) is 3. The third-order valence-corrected chi connectivity index (χ3v) is 2.90. The van der Waals surface area contributed by atoms with Crippen LogP contribution in [0.4, 0.5) is 0 Å². The predicted molar refractivity (Wildman–Crippen MR) is 66.2 cm³/mol. The SMILES string of the molecule is CCCC[C@@H](O)CCCCCn1ccnc1. The summed E-state index contributed by atoms with van der Waals surface area (Å²) in [5.41, 5.74) is 0. The fraction of sp³-hybridized carbons (Fsp3) is 0.769. The minimum atomic E-state index is -0.0757. The molecule has 0 saturated heterocycles. The third kappa shape index (κ3) is 5.91. The summed E-state index contributed by atoms with van der Waals surface area (Å²) in [6.45, 7) is 3.21. The first-order valence-electron chi connectivity index (χ1n) is 6.46. The molecule has 0 amide bonds. The summed E-state index contributed by atoms with van der Waals surface area (Å²) in [4.78, 5) is 4.01. The van der Waals surface area contributed by atoms with E-state index in [9.17, 15) is 5.11 Å². The van der Waals surface area contributed by atoms with Crippen molar-refractivity contribution in [1.82, 2.24) is 9.55 Å². The van der Waals surface area contributed by atoms with Crippen LogP contribution in [-0.2, 0) is 6.54 Å². The van der Waals surface area contributed by atoms with Gasteiger partial charge in [0.05, 0.1) is 12.4 Å². The maximum absolute atomic E-state index is 9.65. The number of aliphatic hydroxyl groups is 1. The Kier molecular flexibility index (Phi) is 6.90. The van der Waals surface area contributed by atoms with E-state index in [1.807, 2.05) is 18.7 Å². The zero-order valence-electron chi connectivity index (χ0n) is 10.3. The maximum Gasteiger partial charge on any atom is 0.0945 e. The Morgan fingerprint density at radius 2 is 2.00 bits per heavy atom. The maximum atomic E-state index is 9.65. The molecule has 92 valence electrons. The first kappa shape index (κ1) is 13.2. The van der Waals surface area contributed by atoms with E-state index in [0.29, 0.717) is 0 Å². The van der Waals surface area contributed by atoms with Crippen LogP contribution in [0.1, 0.15) is 51.9 Å². The molecule has 3 nitrogen and oxygen atoms in total. The Balaban J connectivity index is 1.91. The number of rotatable bonds is 9. The van der Waals surface area contributed by atoms with Crippen molar-refractivity contribution in [2.75, 3.05) is 0 Å². The van der Waals surface area contributed by atoms with Gasteiger partial charge in [-0.05, 0) is 19.3 Å². The molecule has 0 bridgehead atoms. The van der Waals surface area contributed by atoms with Crippen LogP contribution in [0, 0.1) is 0 Å². The number of hydrogen-bond donors (Lipinski definition) is 1. The van der Waals surface area contributed by atoms with E-state index in [1.165, 1.54) is 19.3 Å². The highest BCUT2D eigenvalue weighted by atomic mass is 16.3. The smallest absolute Gasteiger partial charge is 0.0945 e. The molecule has 1 aromatic heterocycles. The first-order chi connectivity index (χ1) is 7.83. The quantitative estimate of drug-likeness (QED) is 0.655. The minimum absolute atomic E-state index is 0.0757. The summed E-state index contributed by atoms with van der Waals surface area (Å²) in [5, 5.41) is 9.65. The van der Waals surface area contributed by atoms with Crippen molar-refractivity contribution in [2.24, 2.45) is 0 Å². The van der Waals surface area contributed by atoms with Crippen LogP contribution in [-0.4, -0.2) is 20.8 Å². The lowest BCUT2D eigenvalue weighted by Gasteiger charge is -2.09. The number of nitrogens with zero attached hydrogens (tertiary/aromatic N) is 2. The van der Waals surface area contributed by atoms with E-state index in [-0.39, 0.29) is 6.10 Å². The molecule has 16 heavy (non-hydrogen) atoms. The van der Waals surface area contributed by atoms with Gasteiger partial charge in [0.2, 0.25) is 0 Å². The molecule has 0 radical (unpaired) electrons. The minimum Gasteiger partial charge on any atom is -0.393 e. The molecule has 0 aliphatic carbocycles. The normalized spacial score (nSPS) is 12.9. The Hall–Kier alpha value is -0.830. The molecule has 0 fully saturated rings. The molecule has 1 N–H and O–H groups in total. The second-order valence-electron chi connectivity index (χ2n) is 4.45. The second kappa shape index (κ2) is 8.34. The van der Waals surface area contributed by atoms with Gasteiger partial charge < -0.3 is 9.67 Å². The van der Waals surface area contributed by atoms with Gasteiger partial charge >= 0.3 is 0 Å². The Labute approximate surface area is 98.5 Å². The lowest BCUT2D eigenvalue weighted by Crippen LogP contribution is -2.06. The van der Waals surface area contributed by atoms with Crippen molar-refractivity contribution in [3.8, 4) is 0 Å². The average molecular weight is 224 g/mol. The zero-order chi connectivity index (χ0) is 11.6. The zero-order valence-corrected chi connectivity index (χ0v) is 10.3. The van der Waals surface area contributed by atoms with Gasteiger partial charge in [-0.15, -0.1) is 0 Å². The number of aromatic nitrogens is 2. The van der Waals surface area contributed by atoms with Crippen LogP contribution in [0.3, 0.4) is 0 Å². The van der Waals surface area contributed by atoms with Gasteiger partial charge in [-0.1, -0.05) is 32.6 Å². The molecular weight excluding hydrogens is 200 g/mol. The molecule has 0 aliphatic rings. The van der Waals surface area contributed by atoms with E-state index < -0.39 is 0 Å². The summed E-state index contributed by atoms with van der Waals surface area (Å²) in [6.07, 6.45) is 13.4. The number of aliphatic hydroxyl groups excluding tert-OH is 1. The van der Waals surface area contributed by atoms with E-state index in [0.717, 1.165) is 32.2 Å². The van der Waals surface area contributed by atoms with Crippen LogP contribution in [0.5, 0.6) is 0 Å². The largest absolute Gasteiger partial charge is 0.393 e. The molecule has 1 rings (SSSR count). The summed E-state index contributed by atoms with van der Waals surface area (Å²) in [6, 6.07) is 0. The molecule has 0 saturated carbocycles. The fourth-order valence-electron chi connectivity index (χ4n) is 1.85. The fourth-order valence-corrected chi connectivity index (χ4v) is 1.85. The highest BCUT2D eigenvalue weighted by Gasteiger charge is 2.02. The Bertz CT molecular complexity index is 246. The van der Waals surface area contributed by atoms with Crippen LogP contribution in [0.25, 0.3) is 0 Å². The standard InChI is InChI=1S/C13H24N2O/c1-2-3-7-13(16)8-5-4-6-10-15-11-9-14-12-15/h9,11-13,16H,2-8,10H2,1H3/t13-/m1/s1. The molecule has 0 aliphatic heterocycles. The Morgan fingerprint density at radius 1 is 1.19 bits per heavy atom. The molecule has 0 unspecified atom stereocenters. The summed E-state index contributed by atoms with van der Waals surface area (Å²) < 4.78 is 2.10. The van der Waals surface area contributed by atoms with Gasteiger partial charge in [0, 0.05) is 18.9 Å². The van der Waals surface area contributed by atoms with Crippen molar-refractivity contribution in [3.05, 3.63) is 18.7 Å². The van der Waals surface area contributed by atoms with Gasteiger partial charge in [-0.2, -0.15) is 0 Å². The van der Waals surface area contributed by atoms with E-state index in [1.54, 1.807) is 0 Å². The van der Waals surface area contributed by atoms with Crippen LogP contribution in [0.2, 0.25) is 0 Å². The highest BCUT2D eigenvalue weighted by Crippen LogP contribution is 2.10. The van der Waals surface area contributed by atoms with Crippen molar-refractivity contribution >= 4 is 0 Å². The number of hydrogen-bond acceptors (Lipinski definition) is 2. The second-order valence-corrected chi connectivity index (χ2v) is 4.45. The van der Waals surface area contributed by atoms with Crippen LogP contribution in [0.15, 0.2) is 18.7 Å². The van der Waals surface area contributed by atoms with Gasteiger partial charge in [-0.25, -0.2) is 4.98 Å². The first-order valence-corrected chi connectivity index (χ1v) is 6.46. The van der Waals surface area contributed by atoms with Crippen molar-refractivity contribution in [2.45, 2.75) is 64.5 Å². The molecular formula is C13H24N2O. The topological polar surface area (TPSA) is 38.0 Å². The number of imidazole rings is 1. The summed E-state index contributed by atoms with van der Waals surface area (Å²) >= 11 is 0. The van der Waals surface area contributed by atoms with Crippen molar-refractivity contribution < 1.29 is 5.11 Å². The Morgan fingerprint density at radius 3 is 2.69 bits per heavy atom. The van der Waals surface area contributed by atoms with E-state index in [2.05, 4.69) is 16.5 Å². The van der Waals surface area contributed by atoms with Crippen molar-refractivity contribution in [3.63, 3.8) is 0 Å². The lowest BCUT2D eigenvalue weighted by molar-refractivity contribution is 0.148. The van der Waals surface area contributed by atoms with E-state index >= 15 is 0 Å². The molecule has 3 heteroatoms. The molecule has 1 heterocycles. The summed E-state index contributed by atoms with van der Waals surface area (Å²) in [5.74, 6) is 0. The van der Waals surface area contributed by atoms with Crippen LogP contribution >= 0.6 is 0 Å². The van der Waals surface area contributed by atoms with Gasteiger partial charge in [0.15, 0.2) is 0 Å². The van der Waals surface area contributed by atoms with Crippen LogP contribution < -0.4 is 0 Å². The molecule has 1 aromatic rings. The van der Waals surface area contributed by atoms with E-state index in [4.69, 9.17) is 0 Å². The lowest BCUT2D eigenvalue weighted by atomic mass is 10.1. The van der Waals surface area contributed by atoms with Gasteiger partial charge in [-0.3, -0.25) is 0 Å². The predicted octanol–water partition coefficient (Wildman–Crippen LogP) is 2.99. The van der Waals surface area contributed by atoms with Gasteiger partial charge in [0.1, 0.15) is 0 Å². The number of aryl methyl sites for hydroxylation is 1. The average Bonchev–Trinajstić information content (AvgIpc) is 2.79. The molecule has 1 atom stereocenters. The highest BCUT2D eigenvalue weighted by molar-refractivity contribution is 4.73. The van der Waals surface area contributed by atoms with Crippen molar-refractivity contribution in [1.29, 1.82) is 0 Å². The van der Waals surface area contributed by atoms with Gasteiger partial charge in [0.25, 0.3) is 0 Å². The molecule has 0 aromatic carbocycles. The monoisotopic (exact) mass is 224 g/mol.